The number of carbonyl (C=O) groups is 1. The summed E-state index contributed by atoms with van der Waals surface area (Å²) in [5.74, 6) is 1.84. The molecule has 0 radical (unpaired) electrons. The molecule has 202 valence electrons. The Morgan fingerprint density at radius 1 is 1.11 bits per heavy atom. The SMILES string of the molecule is CCCN(CCOC)C(=O)c1ccc(C2=N[C@@H]3CCN(C)C[C@@H]3c3cc(OCC)c(OC)cc32)cc1.Cl. The topological polar surface area (TPSA) is 63.6 Å². The van der Waals surface area contributed by atoms with Crippen LogP contribution in [0.2, 0.25) is 0 Å². The minimum Gasteiger partial charge on any atom is -0.493 e. The van der Waals surface area contributed by atoms with Crippen LogP contribution in [0, 0.1) is 0 Å². The van der Waals surface area contributed by atoms with Gasteiger partial charge in [0.25, 0.3) is 5.91 Å². The summed E-state index contributed by atoms with van der Waals surface area (Å²) in [6.45, 7) is 8.48. The second-order valence-electron chi connectivity index (χ2n) is 9.59. The first-order valence-electron chi connectivity index (χ1n) is 13.0. The number of piperidine rings is 1. The first kappa shape index (κ1) is 29.0. The molecule has 8 heteroatoms. The highest BCUT2D eigenvalue weighted by Crippen LogP contribution is 2.42. The van der Waals surface area contributed by atoms with Gasteiger partial charge in [0.1, 0.15) is 0 Å². The lowest BCUT2D eigenvalue weighted by atomic mass is 9.79. The van der Waals surface area contributed by atoms with Crippen LogP contribution in [0.3, 0.4) is 0 Å². The zero-order valence-corrected chi connectivity index (χ0v) is 23.5. The molecule has 0 bridgehead atoms. The molecular formula is C29H40ClN3O4. The van der Waals surface area contributed by atoms with Gasteiger partial charge < -0.3 is 24.0 Å². The van der Waals surface area contributed by atoms with Gasteiger partial charge in [0.2, 0.25) is 0 Å². The summed E-state index contributed by atoms with van der Waals surface area (Å²) in [4.78, 5) is 22.6. The summed E-state index contributed by atoms with van der Waals surface area (Å²) in [5, 5.41) is 0. The van der Waals surface area contributed by atoms with E-state index in [0.29, 0.717) is 43.5 Å². The van der Waals surface area contributed by atoms with Crippen LogP contribution in [0.15, 0.2) is 41.4 Å². The number of rotatable bonds is 10. The molecular weight excluding hydrogens is 490 g/mol. The van der Waals surface area contributed by atoms with Crippen LogP contribution >= 0.6 is 12.4 Å². The Morgan fingerprint density at radius 2 is 1.86 bits per heavy atom. The van der Waals surface area contributed by atoms with E-state index in [9.17, 15) is 4.79 Å². The van der Waals surface area contributed by atoms with Crippen molar-refractivity contribution in [3.05, 3.63) is 58.7 Å². The van der Waals surface area contributed by atoms with Gasteiger partial charge in [-0.1, -0.05) is 19.1 Å². The number of methoxy groups -OCH3 is 2. The Kier molecular flexibility index (Phi) is 10.4. The number of amides is 1. The second-order valence-corrected chi connectivity index (χ2v) is 9.59. The van der Waals surface area contributed by atoms with Crippen molar-refractivity contribution in [2.75, 3.05) is 60.7 Å². The Morgan fingerprint density at radius 3 is 2.51 bits per heavy atom. The average Bonchev–Trinajstić information content (AvgIpc) is 2.90. The van der Waals surface area contributed by atoms with Crippen molar-refractivity contribution < 1.29 is 19.0 Å². The molecule has 2 atom stereocenters. The molecule has 0 N–H and O–H groups in total. The maximum atomic E-state index is 13.1. The molecule has 1 fully saturated rings. The second kappa shape index (κ2) is 13.3. The normalized spacial score (nSPS) is 18.7. The van der Waals surface area contributed by atoms with Gasteiger partial charge in [0.15, 0.2) is 11.5 Å². The third-order valence-corrected chi connectivity index (χ3v) is 7.12. The van der Waals surface area contributed by atoms with E-state index in [2.05, 4.69) is 31.0 Å². The standard InChI is InChI=1S/C29H39N3O4.ClH/c1-6-13-32(15-16-34-4)29(33)21-10-8-20(9-11-21)28-23-18-26(35-5)27(36-7-2)17-22(23)24-19-31(3)14-12-25(24)30-28;/h8-11,17-18,24-25H,6-7,12-16,19H2,1-5H3;1H/t24-,25-;/m1./s1. The summed E-state index contributed by atoms with van der Waals surface area (Å²) < 4.78 is 16.8. The van der Waals surface area contributed by atoms with E-state index >= 15 is 0 Å². The number of halogens is 1. The van der Waals surface area contributed by atoms with Crippen molar-refractivity contribution in [3.63, 3.8) is 0 Å². The number of hydrogen-bond acceptors (Lipinski definition) is 6. The molecule has 2 aromatic carbocycles. The molecule has 0 spiro atoms. The smallest absolute Gasteiger partial charge is 0.253 e. The number of likely N-dealkylation sites (N-methyl/N-ethyl adjacent to an activating group) is 1. The zero-order chi connectivity index (χ0) is 25.7. The molecule has 0 saturated carbocycles. The third kappa shape index (κ3) is 6.28. The van der Waals surface area contributed by atoms with Gasteiger partial charge in [0, 0.05) is 49.4 Å². The van der Waals surface area contributed by atoms with E-state index < -0.39 is 0 Å². The van der Waals surface area contributed by atoms with Gasteiger partial charge in [-0.2, -0.15) is 0 Å². The lowest BCUT2D eigenvalue weighted by Crippen LogP contribution is -2.41. The summed E-state index contributed by atoms with van der Waals surface area (Å²) in [5.41, 5.74) is 4.99. The number of likely N-dealkylation sites (tertiary alicyclic amines) is 1. The van der Waals surface area contributed by atoms with Gasteiger partial charge in [-0.25, -0.2) is 0 Å². The maximum absolute atomic E-state index is 13.1. The molecule has 2 aromatic rings. The van der Waals surface area contributed by atoms with Crippen LogP contribution in [0.5, 0.6) is 11.5 Å². The van der Waals surface area contributed by atoms with Gasteiger partial charge in [-0.3, -0.25) is 9.79 Å². The van der Waals surface area contributed by atoms with Crippen molar-refractivity contribution in [2.24, 2.45) is 4.99 Å². The van der Waals surface area contributed by atoms with Crippen LogP contribution in [0.4, 0.5) is 0 Å². The van der Waals surface area contributed by atoms with E-state index in [1.54, 1.807) is 14.2 Å². The van der Waals surface area contributed by atoms with Crippen molar-refractivity contribution in [1.29, 1.82) is 0 Å². The number of aliphatic imine (C=N–C) groups is 1. The van der Waals surface area contributed by atoms with Crippen LogP contribution < -0.4 is 9.47 Å². The van der Waals surface area contributed by atoms with Crippen molar-refractivity contribution in [2.45, 2.75) is 38.6 Å². The highest BCUT2D eigenvalue weighted by atomic mass is 35.5. The minimum atomic E-state index is 0. The maximum Gasteiger partial charge on any atom is 0.253 e. The van der Waals surface area contributed by atoms with Gasteiger partial charge >= 0.3 is 0 Å². The lowest BCUT2D eigenvalue weighted by molar-refractivity contribution is 0.0695. The Bertz CT molecular complexity index is 1090. The van der Waals surface area contributed by atoms with Gasteiger partial charge in [-0.05, 0) is 63.2 Å². The Hall–Kier alpha value is -2.61. The van der Waals surface area contributed by atoms with E-state index in [4.69, 9.17) is 19.2 Å². The number of hydrogen-bond donors (Lipinski definition) is 0. The van der Waals surface area contributed by atoms with Crippen LogP contribution in [0.25, 0.3) is 0 Å². The van der Waals surface area contributed by atoms with E-state index in [0.717, 1.165) is 48.5 Å². The first-order chi connectivity index (χ1) is 17.5. The van der Waals surface area contributed by atoms with Gasteiger partial charge in [0.05, 0.1) is 32.1 Å². The van der Waals surface area contributed by atoms with E-state index in [1.807, 2.05) is 36.1 Å². The summed E-state index contributed by atoms with van der Waals surface area (Å²) in [7, 11) is 5.51. The van der Waals surface area contributed by atoms with E-state index in [-0.39, 0.29) is 24.4 Å². The van der Waals surface area contributed by atoms with Gasteiger partial charge in [-0.15, -0.1) is 12.4 Å². The molecule has 37 heavy (non-hydrogen) atoms. The summed E-state index contributed by atoms with van der Waals surface area (Å²) >= 11 is 0. The average molecular weight is 530 g/mol. The fourth-order valence-electron chi connectivity index (χ4n) is 5.28. The molecule has 2 heterocycles. The Balaban J connectivity index is 0.00000380. The number of benzene rings is 2. The zero-order valence-electron chi connectivity index (χ0n) is 22.7. The molecule has 2 aliphatic heterocycles. The lowest BCUT2D eigenvalue weighted by Gasteiger charge is -2.39. The van der Waals surface area contributed by atoms with Crippen LogP contribution in [-0.4, -0.2) is 88.1 Å². The molecule has 1 saturated heterocycles. The first-order valence-corrected chi connectivity index (χ1v) is 13.0. The predicted octanol–water partition coefficient (Wildman–Crippen LogP) is 4.65. The fraction of sp³-hybridized carbons (Fsp3) is 0.517. The largest absolute Gasteiger partial charge is 0.493 e. The molecule has 1 amide bonds. The fourth-order valence-corrected chi connectivity index (χ4v) is 5.28. The third-order valence-electron chi connectivity index (χ3n) is 7.12. The predicted molar refractivity (Wildman–Crippen MR) is 150 cm³/mol. The molecule has 0 aliphatic carbocycles. The van der Waals surface area contributed by atoms with Crippen molar-refractivity contribution in [3.8, 4) is 11.5 Å². The van der Waals surface area contributed by atoms with E-state index in [1.165, 1.54) is 5.56 Å². The Labute approximate surface area is 227 Å². The number of carbonyl (C=O) groups excluding carboxylic acids is 1. The number of fused-ring (bicyclic) bond motifs is 3. The molecule has 0 unspecified atom stereocenters. The summed E-state index contributed by atoms with van der Waals surface area (Å²) in [6.07, 6.45) is 1.92. The van der Waals surface area contributed by atoms with Crippen molar-refractivity contribution in [1.82, 2.24) is 9.80 Å². The molecule has 2 aliphatic rings. The molecule has 7 nitrogen and oxygen atoms in total. The molecule has 4 rings (SSSR count). The number of nitrogens with zero attached hydrogens (tertiary/aromatic N) is 3. The van der Waals surface area contributed by atoms with Crippen LogP contribution in [0.1, 0.15) is 59.7 Å². The van der Waals surface area contributed by atoms with Crippen LogP contribution in [-0.2, 0) is 4.74 Å². The summed E-state index contributed by atoms with van der Waals surface area (Å²) in [6, 6.07) is 12.3. The molecule has 0 aromatic heterocycles. The quantitative estimate of drug-likeness (QED) is 0.448. The highest BCUT2D eigenvalue weighted by Gasteiger charge is 2.36. The monoisotopic (exact) mass is 529 g/mol. The van der Waals surface area contributed by atoms with Crippen molar-refractivity contribution >= 4 is 24.0 Å². The number of ether oxygens (including phenoxy) is 3. The minimum absolute atomic E-state index is 0. The highest BCUT2D eigenvalue weighted by molar-refractivity contribution is 6.15.